The fraction of sp³-hybridized carbons (Fsp3) is 0.0909. The summed E-state index contributed by atoms with van der Waals surface area (Å²) in [5.41, 5.74) is 5.86. The third kappa shape index (κ3) is 3.99. The number of hydrazone groups is 1. The first kappa shape index (κ1) is 19.5. The van der Waals surface area contributed by atoms with E-state index in [9.17, 15) is 9.59 Å². The summed E-state index contributed by atoms with van der Waals surface area (Å²) in [5, 5.41) is 13.8. The van der Waals surface area contributed by atoms with Crippen molar-refractivity contribution in [2.45, 2.75) is 6.92 Å². The predicted octanol–water partition coefficient (Wildman–Crippen LogP) is 4.04. The smallest absolute Gasteiger partial charge is 0.273 e. The normalized spacial score (nSPS) is 11.5. The number of fused-ring (bicyclic) bond motifs is 1. The summed E-state index contributed by atoms with van der Waals surface area (Å²) in [6.07, 6.45) is 1.57. The van der Waals surface area contributed by atoms with Crippen LogP contribution in [-0.4, -0.2) is 27.3 Å². The molecule has 0 spiro atoms. The van der Waals surface area contributed by atoms with E-state index in [2.05, 4.69) is 20.9 Å². The van der Waals surface area contributed by atoms with Crippen LogP contribution in [0.2, 0.25) is 0 Å². The molecule has 0 radical (unpaired) electrons. The maximum absolute atomic E-state index is 12.5. The molecule has 2 aromatic heterocycles. The minimum absolute atomic E-state index is 0.233. The molecule has 7 nitrogen and oxygen atoms in total. The number of rotatable bonds is 5. The van der Waals surface area contributed by atoms with Gasteiger partial charge in [-0.2, -0.15) is 10.2 Å². The zero-order chi connectivity index (χ0) is 21.1. The maximum Gasteiger partial charge on any atom is 0.273 e. The number of aryl methyl sites for hydroxylation is 1. The minimum Gasteiger partial charge on any atom is -0.321 e. The van der Waals surface area contributed by atoms with E-state index in [4.69, 9.17) is 0 Å². The van der Waals surface area contributed by atoms with Crippen molar-refractivity contribution in [2.75, 3.05) is 5.32 Å². The van der Waals surface area contributed by atoms with E-state index in [0.29, 0.717) is 22.7 Å². The van der Waals surface area contributed by atoms with Crippen molar-refractivity contribution in [1.29, 1.82) is 0 Å². The molecular formula is C22H19N5O2S. The molecule has 150 valence electrons. The molecule has 4 aromatic rings. The Labute approximate surface area is 177 Å². The number of nitrogens with one attached hydrogen (secondary N) is 2. The summed E-state index contributed by atoms with van der Waals surface area (Å²) < 4.78 is 2.58. The topological polar surface area (TPSA) is 88.4 Å². The number of aromatic nitrogens is 2. The number of carbonyl (C=O) groups excluding carboxylic acids is 2. The average Bonchev–Trinajstić information content (AvgIpc) is 3.38. The molecule has 4 rings (SSSR count). The molecule has 2 heterocycles. The highest BCUT2D eigenvalue weighted by molar-refractivity contribution is 7.17. The molecule has 0 aliphatic rings. The molecule has 0 fully saturated rings. The van der Waals surface area contributed by atoms with Crippen LogP contribution in [0, 0.1) is 0 Å². The van der Waals surface area contributed by atoms with Gasteiger partial charge in [-0.25, -0.2) is 5.43 Å². The van der Waals surface area contributed by atoms with Crippen molar-refractivity contribution in [3.05, 3.63) is 83.0 Å². The van der Waals surface area contributed by atoms with Crippen LogP contribution in [0.4, 0.5) is 5.69 Å². The second kappa shape index (κ2) is 8.30. The minimum atomic E-state index is -0.244. The first-order valence-electron chi connectivity index (χ1n) is 9.23. The lowest BCUT2D eigenvalue weighted by atomic mass is 10.1. The number of thiophene rings is 1. The molecule has 30 heavy (non-hydrogen) atoms. The molecule has 2 amide bonds. The highest BCUT2D eigenvalue weighted by Crippen LogP contribution is 2.25. The fourth-order valence-corrected chi connectivity index (χ4v) is 3.94. The second-order valence-electron chi connectivity index (χ2n) is 6.66. The third-order valence-corrected chi connectivity index (χ3v) is 5.63. The summed E-state index contributed by atoms with van der Waals surface area (Å²) in [5.74, 6) is -0.477. The first-order chi connectivity index (χ1) is 14.5. The number of anilines is 1. The van der Waals surface area contributed by atoms with Crippen LogP contribution in [0.15, 0.2) is 71.3 Å². The van der Waals surface area contributed by atoms with Crippen LogP contribution in [0.25, 0.3) is 10.1 Å². The van der Waals surface area contributed by atoms with Gasteiger partial charge in [-0.15, -0.1) is 11.3 Å². The largest absolute Gasteiger partial charge is 0.321 e. The monoisotopic (exact) mass is 417 g/mol. The Balaban J connectivity index is 1.42. The Hall–Kier alpha value is -3.78. The van der Waals surface area contributed by atoms with Gasteiger partial charge in [0.2, 0.25) is 0 Å². The lowest BCUT2D eigenvalue weighted by Crippen LogP contribution is -2.19. The Morgan fingerprint density at radius 1 is 1.03 bits per heavy atom. The van der Waals surface area contributed by atoms with Gasteiger partial charge in [0.1, 0.15) is 5.69 Å². The number of nitrogens with zero attached hydrogens (tertiary/aromatic N) is 3. The van der Waals surface area contributed by atoms with Crippen LogP contribution in [-0.2, 0) is 7.05 Å². The van der Waals surface area contributed by atoms with Crippen molar-refractivity contribution < 1.29 is 9.59 Å². The van der Waals surface area contributed by atoms with Gasteiger partial charge in [0, 0.05) is 34.4 Å². The van der Waals surface area contributed by atoms with Crippen LogP contribution in [0.5, 0.6) is 0 Å². The van der Waals surface area contributed by atoms with Gasteiger partial charge in [0.15, 0.2) is 0 Å². The van der Waals surface area contributed by atoms with Crippen LogP contribution < -0.4 is 10.7 Å². The highest BCUT2D eigenvalue weighted by Gasteiger charge is 2.12. The molecule has 0 saturated heterocycles. The van der Waals surface area contributed by atoms with Gasteiger partial charge < -0.3 is 5.32 Å². The number of amides is 2. The van der Waals surface area contributed by atoms with E-state index in [1.54, 1.807) is 31.4 Å². The number of benzene rings is 2. The molecule has 8 heteroatoms. The molecule has 0 aliphatic carbocycles. The molecule has 0 bridgehead atoms. The van der Waals surface area contributed by atoms with E-state index >= 15 is 0 Å². The van der Waals surface area contributed by atoms with Crippen molar-refractivity contribution in [3.8, 4) is 0 Å². The first-order valence-corrected chi connectivity index (χ1v) is 10.1. The number of carbonyl (C=O) groups is 2. The zero-order valence-corrected chi connectivity index (χ0v) is 17.2. The highest BCUT2D eigenvalue weighted by atomic mass is 32.1. The Kier molecular flexibility index (Phi) is 5.40. The summed E-state index contributed by atoms with van der Waals surface area (Å²) in [6, 6.07) is 16.7. The van der Waals surface area contributed by atoms with Crippen molar-refractivity contribution in [3.63, 3.8) is 0 Å². The van der Waals surface area contributed by atoms with Crippen LogP contribution in [0.3, 0.4) is 0 Å². The standard InChI is InChI=1S/C22H19N5O2S/c1-14(25-26-21(28)18-13-30-20-6-4-3-5-17(18)20)15-7-9-16(10-8-15)24-22(29)19-11-12-23-27(19)2/h3-13H,1-2H3,(H,24,29)(H,26,28)/b25-14+. The zero-order valence-electron chi connectivity index (χ0n) is 16.4. The Morgan fingerprint density at radius 2 is 1.80 bits per heavy atom. The molecule has 0 aliphatic heterocycles. The number of hydrogen-bond donors (Lipinski definition) is 2. The van der Waals surface area contributed by atoms with E-state index < -0.39 is 0 Å². The molecule has 0 saturated carbocycles. The lowest BCUT2D eigenvalue weighted by molar-refractivity contribution is 0.0955. The van der Waals surface area contributed by atoms with Crippen molar-refractivity contribution >= 4 is 44.6 Å². The maximum atomic E-state index is 12.5. The van der Waals surface area contributed by atoms with Gasteiger partial charge in [0.05, 0.1) is 11.3 Å². The SMILES string of the molecule is C/C(=N\NC(=O)c1csc2ccccc12)c1ccc(NC(=O)c2ccnn2C)cc1. The predicted molar refractivity (Wildman–Crippen MR) is 119 cm³/mol. The van der Waals surface area contributed by atoms with Gasteiger partial charge in [-0.3, -0.25) is 14.3 Å². The van der Waals surface area contributed by atoms with Crippen molar-refractivity contribution in [1.82, 2.24) is 15.2 Å². The quantitative estimate of drug-likeness (QED) is 0.379. The molecule has 0 atom stereocenters. The summed E-state index contributed by atoms with van der Waals surface area (Å²) >= 11 is 1.53. The Bertz CT molecular complexity index is 1250. The number of hydrogen-bond acceptors (Lipinski definition) is 5. The van der Waals surface area contributed by atoms with E-state index in [-0.39, 0.29) is 11.8 Å². The molecular weight excluding hydrogens is 398 g/mol. The third-order valence-electron chi connectivity index (χ3n) is 4.66. The van der Waals surface area contributed by atoms with Gasteiger partial charge in [-0.1, -0.05) is 30.3 Å². The molecule has 0 unspecified atom stereocenters. The van der Waals surface area contributed by atoms with E-state index in [1.165, 1.54) is 16.0 Å². The van der Waals surface area contributed by atoms with Crippen LogP contribution >= 0.6 is 11.3 Å². The molecule has 2 N–H and O–H groups in total. The summed E-state index contributed by atoms with van der Waals surface area (Å²) in [6.45, 7) is 1.81. The van der Waals surface area contributed by atoms with Gasteiger partial charge in [0.25, 0.3) is 11.8 Å². The van der Waals surface area contributed by atoms with E-state index in [0.717, 1.165) is 15.6 Å². The van der Waals surface area contributed by atoms with E-state index in [1.807, 2.05) is 48.7 Å². The van der Waals surface area contributed by atoms with Crippen LogP contribution in [0.1, 0.15) is 33.3 Å². The van der Waals surface area contributed by atoms with Gasteiger partial charge in [-0.05, 0) is 36.8 Å². The van der Waals surface area contributed by atoms with Gasteiger partial charge >= 0.3 is 0 Å². The summed E-state index contributed by atoms with van der Waals surface area (Å²) in [4.78, 5) is 24.8. The fourth-order valence-electron chi connectivity index (χ4n) is 3.00. The summed E-state index contributed by atoms with van der Waals surface area (Å²) in [7, 11) is 1.71. The second-order valence-corrected chi connectivity index (χ2v) is 7.57. The Morgan fingerprint density at radius 3 is 2.53 bits per heavy atom. The lowest BCUT2D eigenvalue weighted by Gasteiger charge is -2.07. The average molecular weight is 417 g/mol. The van der Waals surface area contributed by atoms with Crippen molar-refractivity contribution in [2.24, 2.45) is 12.1 Å². The molecule has 2 aromatic carbocycles.